The van der Waals surface area contributed by atoms with E-state index in [0.717, 1.165) is 48.9 Å². The molecule has 4 rings (SSSR count). The van der Waals surface area contributed by atoms with Crippen LogP contribution in [0.15, 0.2) is 4.79 Å². The van der Waals surface area contributed by atoms with Crippen LogP contribution >= 0.6 is 23.1 Å². The predicted octanol–water partition coefficient (Wildman–Crippen LogP) is 2.78. The molecule has 2 aliphatic rings. The number of carbonyl (C=O) groups excluding carboxylic acids is 1. The Morgan fingerprint density at radius 2 is 2.26 bits per heavy atom. The van der Waals surface area contributed by atoms with Gasteiger partial charge in [-0.2, -0.15) is 0 Å². The lowest BCUT2D eigenvalue weighted by molar-refractivity contribution is -0.120. The number of H-pyrrole nitrogens is 1. The van der Waals surface area contributed by atoms with Crippen LogP contribution in [0.2, 0.25) is 0 Å². The molecule has 0 aromatic carbocycles. The number of aromatic amines is 1. The number of hydrogen-bond donors (Lipinski definition) is 2. The van der Waals surface area contributed by atoms with E-state index in [9.17, 15) is 9.59 Å². The van der Waals surface area contributed by atoms with Gasteiger partial charge in [-0.25, -0.2) is 4.98 Å². The minimum absolute atomic E-state index is 0.00184. The fourth-order valence-corrected chi connectivity index (χ4v) is 5.88. The molecule has 0 saturated carbocycles. The Morgan fingerprint density at radius 3 is 3.07 bits per heavy atom. The summed E-state index contributed by atoms with van der Waals surface area (Å²) in [6.07, 6.45) is 6.58. The van der Waals surface area contributed by atoms with Crippen molar-refractivity contribution >= 4 is 39.2 Å². The van der Waals surface area contributed by atoms with Gasteiger partial charge < -0.3 is 15.0 Å². The molecule has 0 radical (unpaired) electrons. The molecule has 2 aromatic rings. The smallest absolute Gasteiger partial charge is 0.259 e. The van der Waals surface area contributed by atoms with Gasteiger partial charge in [0.25, 0.3) is 5.56 Å². The van der Waals surface area contributed by atoms with Crippen molar-refractivity contribution in [1.29, 1.82) is 0 Å². The third-order valence-corrected chi connectivity index (χ3v) is 7.39. The summed E-state index contributed by atoms with van der Waals surface area (Å²) in [6, 6.07) is 0.0346. The van der Waals surface area contributed by atoms with Crippen LogP contribution in [0.3, 0.4) is 0 Å². The van der Waals surface area contributed by atoms with Gasteiger partial charge in [0.2, 0.25) is 5.91 Å². The molecule has 1 saturated heterocycles. The number of aromatic nitrogens is 2. The number of thiophene rings is 1. The second-order valence-electron chi connectivity index (χ2n) is 7.30. The molecule has 1 fully saturated rings. The molecule has 2 aromatic heterocycles. The first-order valence-electron chi connectivity index (χ1n) is 9.64. The number of amides is 1. The molecule has 27 heavy (non-hydrogen) atoms. The van der Waals surface area contributed by atoms with Crippen LogP contribution in [0, 0.1) is 0 Å². The zero-order chi connectivity index (χ0) is 18.8. The third kappa shape index (κ3) is 4.22. The predicted molar refractivity (Wildman–Crippen MR) is 110 cm³/mol. The van der Waals surface area contributed by atoms with Gasteiger partial charge in [0.05, 0.1) is 29.0 Å². The summed E-state index contributed by atoms with van der Waals surface area (Å²) in [7, 11) is 0. The van der Waals surface area contributed by atoms with E-state index in [2.05, 4.69) is 15.3 Å². The minimum Gasteiger partial charge on any atom is -0.376 e. The van der Waals surface area contributed by atoms with E-state index in [-0.39, 0.29) is 23.6 Å². The van der Waals surface area contributed by atoms with E-state index >= 15 is 0 Å². The van der Waals surface area contributed by atoms with Crippen molar-refractivity contribution < 1.29 is 9.53 Å². The number of rotatable bonds is 6. The SMILES string of the molecule is CC(NC(=O)CSCc1nc2sc3c(c2c(=O)[nH]1)CCCC3)C1CCCO1. The maximum Gasteiger partial charge on any atom is 0.259 e. The average Bonchev–Trinajstić information content (AvgIpc) is 3.29. The standard InChI is InChI=1S/C19H25N3O3S2/c1-11(13-6-4-8-25-13)20-16(23)10-26-9-15-21-18(24)17-12-5-2-3-7-14(12)27-19(17)22-15/h11,13H,2-10H2,1H3,(H,20,23)(H,21,22,24). The summed E-state index contributed by atoms with van der Waals surface area (Å²) in [5, 5.41) is 3.79. The van der Waals surface area contributed by atoms with Crippen LogP contribution in [0.4, 0.5) is 0 Å². The first-order valence-corrected chi connectivity index (χ1v) is 11.6. The molecule has 1 aliphatic carbocycles. The summed E-state index contributed by atoms with van der Waals surface area (Å²) in [5.41, 5.74) is 1.17. The van der Waals surface area contributed by atoms with Gasteiger partial charge in [-0.05, 0) is 51.0 Å². The third-order valence-electron chi connectivity index (χ3n) is 5.26. The van der Waals surface area contributed by atoms with Crippen molar-refractivity contribution in [2.24, 2.45) is 0 Å². The monoisotopic (exact) mass is 407 g/mol. The molecule has 0 spiro atoms. The van der Waals surface area contributed by atoms with Crippen molar-refractivity contribution in [2.45, 2.75) is 63.3 Å². The molecule has 1 aliphatic heterocycles. The van der Waals surface area contributed by atoms with Crippen LogP contribution in [0.1, 0.15) is 48.9 Å². The first-order chi connectivity index (χ1) is 13.1. The van der Waals surface area contributed by atoms with Crippen LogP contribution in [-0.4, -0.2) is 40.4 Å². The lowest BCUT2D eigenvalue weighted by Crippen LogP contribution is -2.41. The van der Waals surface area contributed by atoms with E-state index in [1.165, 1.54) is 28.6 Å². The number of nitrogens with zero attached hydrogens (tertiary/aromatic N) is 1. The Hall–Kier alpha value is -1.38. The highest BCUT2D eigenvalue weighted by Gasteiger charge is 2.23. The minimum atomic E-state index is -0.0357. The van der Waals surface area contributed by atoms with Crippen molar-refractivity contribution in [3.63, 3.8) is 0 Å². The number of fused-ring (bicyclic) bond motifs is 3. The highest BCUT2D eigenvalue weighted by molar-refractivity contribution is 7.99. The Labute approximate surface area is 166 Å². The molecule has 2 unspecified atom stereocenters. The van der Waals surface area contributed by atoms with Crippen LogP contribution in [-0.2, 0) is 28.1 Å². The topological polar surface area (TPSA) is 84.1 Å². The summed E-state index contributed by atoms with van der Waals surface area (Å²) < 4.78 is 5.61. The van der Waals surface area contributed by atoms with E-state index in [1.807, 2.05) is 6.92 Å². The van der Waals surface area contributed by atoms with Crippen LogP contribution in [0.5, 0.6) is 0 Å². The van der Waals surface area contributed by atoms with Crippen molar-refractivity contribution in [3.8, 4) is 0 Å². The second kappa shape index (κ2) is 8.32. The van der Waals surface area contributed by atoms with Gasteiger partial charge in [0.15, 0.2) is 0 Å². The number of carbonyl (C=O) groups is 1. The normalized spacial score (nSPS) is 20.6. The largest absolute Gasteiger partial charge is 0.376 e. The Balaban J connectivity index is 1.35. The highest BCUT2D eigenvalue weighted by Crippen LogP contribution is 2.33. The Bertz CT molecular complexity index is 886. The first kappa shape index (κ1) is 19.0. The van der Waals surface area contributed by atoms with Gasteiger partial charge >= 0.3 is 0 Å². The molecule has 2 atom stereocenters. The van der Waals surface area contributed by atoms with Crippen molar-refractivity contribution in [3.05, 3.63) is 26.6 Å². The van der Waals surface area contributed by atoms with Crippen LogP contribution < -0.4 is 10.9 Å². The molecule has 0 bridgehead atoms. The maximum atomic E-state index is 12.5. The lowest BCUT2D eigenvalue weighted by atomic mass is 9.97. The Morgan fingerprint density at radius 1 is 1.41 bits per heavy atom. The fraction of sp³-hybridized carbons (Fsp3) is 0.632. The van der Waals surface area contributed by atoms with E-state index in [1.54, 1.807) is 11.3 Å². The summed E-state index contributed by atoms with van der Waals surface area (Å²) in [6.45, 7) is 2.78. The zero-order valence-electron chi connectivity index (χ0n) is 15.5. The van der Waals surface area contributed by atoms with Crippen LogP contribution in [0.25, 0.3) is 10.2 Å². The number of aryl methyl sites for hydroxylation is 2. The van der Waals surface area contributed by atoms with Crippen molar-refractivity contribution in [2.75, 3.05) is 12.4 Å². The number of nitrogens with one attached hydrogen (secondary N) is 2. The molecule has 2 N–H and O–H groups in total. The van der Waals surface area contributed by atoms with Gasteiger partial charge in [-0.3, -0.25) is 9.59 Å². The summed E-state index contributed by atoms with van der Waals surface area (Å²) in [4.78, 5) is 34.4. The number of thioether (sulfide) groups is 1. The quantitative estimate of drug-likeness (QED) is 0.769. The Kier molecular flexibility index (Phi) is 5.85. The van der Waals surface area contributed by atoms with Gasteiger partial charge in [0, 0.05) is 11.5 Å². The molecule has 3 heterocycles. The molecular weight excluding hydrogens is 382 g/mol. The fourth-order valence-electron chi connectivity index (χ4n) is 3.90. The molecule has 1 amide bonds. The molecule has 6 nitrogen and oxygen atoms in total. The maximum absolute atomic E-state index is 12.5. The molecule has 146 valence electrons. The highest BCUT2D eigenvalue weighted by atomic mass is 32.2. The second-order valence-corrected chi connectivity index (χ2v) is 9.37. The van der Waals surface area contributed by atoms with E-state index in [0.29, 0.717) is 17.3 Å². The van der Waals surface area contributed by atoms with Gasteiger partial charge in [-0.15, -0.1) is 23.1 Å². The number of ether oxygens (including phenoxy) is 1. The number of hydrogen-bond acceptors (Lipinski definition) is 6. The summed E-state index contributed by atoms with van der Waals surface area (Å²) in [5.74, 6) is 1.52. The summed E-state index contributed by atoms with van der Waals surface area (Å²) >= 11 is 3.13. The molecular formula is C19H25N3O3S2. The van der Waals surface area contributed by atoms with E-state index in [4.69, 9.17) is 4.74 Å². The van der Waals surface area contributed by atoms with Gasteiger partial charge in [-0.1, -0.05) is 0 Å². The lowest BCUT2D eigenvalue weighted by Gasteiger charge is -2.19. The van der Waals surface area contributed by atoms with Gasteiger partial charge in [0.1, 0.15) is 10.7 Å². The van der Waals surface area contributed by atoms with Crippen molar-refractivity contribution in [1.82, 2.24) is 15.3 Å². The molecule has 8 heteroatoms. The van der Waals surface area contributed by atoms with E-state index < -0.39 is 0 Å². The zero-order valence-corrected chi connectivity index (χ0v) is 17.1. The average molecular weight is 408 g/mol.